The molecular formula is C34H54N2O2. The van der Waals surface area contributed by atoms with Crippen LogP contribution < -0.4 is 9.47 Å². The molecule has 1 atom stereocenters. The molecule has 2 saturated heterocycles. The molecule has 0 radical (unpaired) electrons. The van der Waals surface area contributed by atoms with Gasteiger partial charge >= 0.3 is 0 Å². The lowest BCUT2D eigenvalue weighted by molar-refractivity contribution is 0.179. The number of hydrogen-bond donors (Lipinski definition) is 0. The van der Waals surface area contributed by atoms with E-state index in [1.165, 1.54) is 97.1 Å². The third-order valence-corrected chi connectivity index (χ3v) is 7.88. The van der Waals surface area contributed by atoms with Crippen molar-refractivity contribution >= 4 is 0 Å². The van der Waals surface area contributed by atoms with E-state index in [0.29, 0.717) is 0 Å². The second kappa shape index (κ2) is 19.1. The fourth-order valence-corrected chi connectivity index (χ4v) is 5.42. The van der Waals surface area contributed by atoms with Gasteiger partial charge in [0.2, 0.25) is 0 Å². The van der Waals surface area contributed by atoms with Gasteiger partial charge in [0.1, 0.15) is 11.5 Å². The first-order valence-corrected chi connectivity index (χ1v) is 15.5. The molecule has 2 aromatic carbocycles. The van der Waals surface area contributed by atoms with Crippen LogP contribution in [0.5, 0.6) is 11.5 Å². The lowest BCUT2D eigenvalue weighted by Gasteiger charge is -2.30. The van der Waals surface area contributed by atoms with E-state index >= 15 is 0 Å². The van der Waals surface area contributed by atoms with E-state index in [9.17, 15) is 0 Å². The number of unbranched alkanes of at least 4 members (excludes halogenated alkanes) is 4. The Hall–Kier alpha value is -2.04. The highest BCUT2D eigenvalue weighted by Crippen LogP contribution is 2.17. The molecule has 0 aliphatic carbocycles. The van der Waals surface area contributed by atoms with Crippen LogP contribution in [0.2, 0.25) is 0 Å². The minimum Gasteiger partial charge on any atom is -0.494 e. The van der Waals surface area contributed by atoms with Crippen molar-refractivity contribution in [3.05, 3.63) is 60.7 Å². The lowest BCUT2D eigenvalue weighted by Crippen LogP contribution is -2.34. The molecule has 4 rings (SSSR count). The first-order valence-electron chi connectivity index (χ1n) is 15.5. The van der Waals surface area contributed by atoms with Gasteiger partial charge in [0.15, 0.2) is 0 Å². The zero-order chi connectivity index (χ0) is 26.7. The van der Waals surface area contributed by atoms with E-state index in [4.69, 9.17) is 9.47 Å². The van der Waals surface area contributed by atoms with Crippen molar-refractivity contribution < 1.29 is 9.47 Å². The van der Waals surface area contributed by atoms with Gasteiger partial charge in [-0.05, 0) is 133 Å². The van der Waals surface area contributed by atoms with Crippen molar-refractivity contribution in [2.45, 2.75) is 78.1 Å². The summed E-state index contributed by atoms with van der Waals surface area (Å²) >= 11 is 0. The Bertz CT molecular complexity index is 808. The number of ether oxygens (including phenoxy) is 2. The number of nitrogens with zero attached hydrogens (tertiary/aromatic N) is 2. The molecule has 2 aliphatic heterocycles. The fourth-order valence-electron chi connectivity index (χ4n) is 5.42. The Morgan fingerprint density at radius 2 is 1.11 bits per heavy atom. The first-order chi connectivity index (χ1) is 18.7. The number of piperidine rings is 2. The van der Waals surface area contributed by atoms with Crippen molar-refractivity contribution in [1.82, 2.24) is 9.80 Å². The lowest BCUT2D eigenvalue weighted by atomic mass is 9.99. The minimum atomic E-state index is 0.848. The quantitative estimate of drug-likeness (QED) is 0.235. The molecule has 0 spiro atoms. The summed E-state index contributed by atoms with van der Waals surface area (Å²) in [5.74, 6) is 3.82. The third kappa shape index (κ3) is 13.7. The number of rotatable bonds is 14. The molecule has 2 aromatic rings. The Kier molecular flexibility index (Phi) is 15.3. The van der Waals surface area contributed by atoms with Crippen molar-refractivity contribution in [1.29, 1.82) is 0 Å². The Morgan fingerprint density at radius 3 is 1.63 bits per heavy atom. The summed E-state index contributed by atoms with van der Waals surface area (Å²) in [5, 5.41) is 0. The number of benzene rings is 2. The smallest absolute Gasteiger partial charge is 0.119 e. The molecule has 0 saturated carbocycles. The highest BCUT2D eigenvalue weighted by molar-refractivity contribution is 5.21. The molecular weight excluding hydrogens is 468 g/mol. The zero-order valence-corrected chi connectivity index (χ0v) is 24.4. The predicted octanol–water partition coefficient (Wildman–Crippen LogP) is 7.94. The van der Waals surface area contributed by atoms with E-state index in [1.807, 2.05) is 60.7 Å². The van der Waals surface area contributed by atoms with Gasteiger partial charge in [-0.25, -0.2) is 0 Å². The van der Waals surface area contributed by atoms with Crippen LogP contribution in [0.15, 0.2) is 60.7 Å². The molecule has 1 unspecified atom stereocenters. The van der Waals surface area contributed by atoms with Crippen LogP contribution in [0.4, 0.5) is 0 Å². The van der Waals surface area contributed by atoms with Crippen LogP contribution in [0, 0.1) is 11.8 Å². The molecule has 38 heavy (non-hydrogen) atoms. The summed E-state index contributed by atoms with van der Waals surface area (Å²) in [4.78, 5) is 5.25. The standard InChI is InChI=1S/2C17H27NO/c1-16-9-8-13-18(15-16)12-6-3-7-14-19-17-10-4-2-5-11-17;1-16-10-13-18(14-11-16)12-6-3-7-15-19-17-8-4-2-5-9-17/h2,4-5,10-11,16H,3,6-9,12-15H2,1H3;2,4-5,8-9,16H,3,6-7,10-15H2,1H3. The van der Waals surface area contributed by atoms with Crippen LogP contribution in [0.3, 0.4) is 0 Å². The second-order valence-corrected chi connectivity index (χ2v) is 11.5. The minimum absolute atomic E-state index is 0.848. The van der Waals surface area contributed by atoms with E-state index < -0.39 is 0 Å². The van der Waals surface area contributed by atoms with Crippen LogP contribution in [0.1, 0.15) is 78.1 Å². The zero-order valence-electron chi connectivity index (χ0n) is 24.4. The number of para-hydroxylation sites is 2. The molecule has 4 nitrogen and oxygen atoms in total. The van der Waals surface area contributed by atoms with Gasteiger partial charge in [-0.1, -0.05) is 50.2 Å². The van der Waals surface area contributed by atoms with Gasteiger partial charge in [0.05, 0.1) is 13.2 Å². The van der Waals surface area contributed by atoms with Crippen LogP contribution >= 0.6 is 0 Å². The third-order valence-electron chi connectivity index (χ3n) is 7.88. The summed E-state index contributed by atoms with van der Waals surface area (Å²) in [7, 11) is 0. The molecule has 2 heterocycles. The molecule has 4 heteroatoms. The Balaban J connectivity index is 0.000000211. The highest BCUT2D eigenvalue weighted by atomic mass is 16.5. The maximum Gasteiger partial charge on any atom is 0.119 e. The first kappa shape index (κ1) is 30.5. The second-order valence-electron chi connectivity index (χ2n) is 11.5. The molecule has 0 aromatic heterocycles. The van der Waals surface area contributed by atoms with Gasteiger partial charge in [-0.2, -0.15) is 0 Å². The van der Waals surface area contributed by atoms with Gasteiger partial charge < -0.3 is 19.3 Å². The largest absolute Gasteiger partial charge is 0.494 e. The van der Waals surface area contributed by atoms with E-state index in [1.54, 1.807) is 0 Å². The summed E-state index contributed by atoms with van der Waals surface area (Å²) in [5.41, 5.74) is 0. The monoisotopic (exact) mass is 522 g/mol. The van der Waals surface area contributed by atoms with Gasteiger partial charge in [0, 0.05) is 6.54 Å². The molecule has 0 bridgehead atoms. The Morgan fingerprint density at radius 1 is 0.579 bits per heavy atom. The summed E-state index contributed by atoms with van der Waals surface area (Å²) in [6, 6.07) is 20.2. The number of likely N-dealkylation sites (tertiary alicyclic amines) is 2. The fraction of sp³-hybridized carbons (Fsp3) is 0.647. The molecule has 2 fully saturated rings. The maximum atomic E-state index is 5.70. The van der Waals surface area contributed by atoms with E-state index in [2.05, 4.69) is 23.6 Å². The topological polar surface area (TPSA) is 24.9 Å². The van der Waals surface area contributed by atoms with Crippen molar-refractivity contribution in [3.63, 3.8) is 0 Å². The van der Waals surface area contributed by atoms with Crippen LogP contribution in [-0.2, 0) is 0 Å². The molecule has 2 aliphatic rings. The van der Waals surface area contributed by atoms with Crippen LogP contribution in [0.25, 0.3) is 0 Å². The van der Waals surface area contributed by atoms with Crippen LogP contribution in [-0.4, -0.2) is 62.3 Å². The molecule has 0 amide bonds. The Labute approximate surface area is 233 Å². The van der Waals surface area contributed by atoms with Crippen molar-refractivity contribution in [2.75, 3.05) is 52.5 Å². The van der Waals surface area contributed by atoms with Gasteiger partial charge in [0.25, 0.3) is 0 Å². The van der Waals surface area contributed by atoms with Crippen molar-refractivity contribution in [3.8, 4) is 11.5 Å². The van der Waals surface area contributed by atoms with Gasteiger partial charge in [-0.3, -0.25) is 0 Å². The maximum absolute atomic E-state index is 5.70. The SMILES string of the molecule is CC1CCCN(CCCCCOc2ccccc2)C1.CC1CCN(CCCCCOc2ccccc2)CC1. The van der Waals surface area contributed by atoms with Crippen molar-refractivity contribution in [2.24, 2.45) is 11.8 Å². The normalized spacial score (nSPS) is 18.9. The molecule has 212 valence electrons. The summed E-state index contributed by atoms with van der Waals surface area (Å²) < 4.78 is 11.4. The average Bonchev–Trinajstić information content (AvgIpc) is 2.95. The van der Waals surface area contributed by atoms with Gasteiger partial charge in [-0.15, -0.1) is 0 Å². The predicted molar refractivity (Wildman–Crippen MR) is 161 cm³/mol. The number of hydrogen-bond acceptors (Lipinski definition) is 4. The summed E-state index contributed by atoms with van der Waals surface area (Å²) in [6.07, 6.45) is 13.1. The average molecular weight is 523 g/mol. The molecule has 0 N–H and O–H groups in total. The summed E-state index contributed by atoms with van der Waals surface area (Å²) in [6.45, 7) is 14.2. The van der Waals surface area contributed by atoms with E-state index in [0.717, 1.165) is 43.0 Å². The highest BCUT2D eigenvalue weighted by Gasteiger charge is 2.15. The van der Waals surface area contributed by atoms with E-state index in [-0.39, 0.29) is 0 Å².